The van der Waals surface area contributed by atoms with Crippen LogP contribution in [0.1, 0.15) is 24.5 Å². The Hall–Kier alpha value is -3.90. The Morgan fingerprint density at radius 1 is 0.588 bits per heavy atom. The van der Waals surface area contributed by atoms with Gasteiger partial charge < -0.3 is 0 Å². The van der Waals surface area contributed by atoms with Crippen LogP contribution < -0.4 is 0 Å². The molecule has 0 bridgehead atoms. The van der Waals surface area contributed by atoms with Crippen molar-refractivity contribution in [2.75, 3.05) is 0 Å². The van der Waals surface area contributed by atoms with Gasteiger partial charge >= 0.3 is 0 Å². The molecule has 0 radical (unpaired) electrons. The molecule has 1 aliphatic carbocycles. The van der Waals surface area contributed by atoms with Crippen molar-refractivity contribution in [1.29, 1.82) is 0 Å². The average molecular weight is 437 g/mol. The quantitative estimate of drug-likeness (QED) is 0.247. The minimum Gasteiger partial charge on any atom is -0.0808 e. The molecule has 0 saturated heterocycles. The first-order valence-electron chi connectivity index (χ1n) is 12.2. The second-order valence-corrected chi connectivity index (χ2v) is 9.52. The van der Waals surface area contributed by atoms with Gasteiger partial charge in [-0.2, -0.15) is 0 Å². The number of aryl methyl sites for hydroxylation is 1. The fraction of sp³-hybridized carbons (Fsp3) is 0.118. The van der Waals surface area contributed by atoms with Crippen molar-refractivity contribution in [3.8, 4) is 22.3 Å². The molecule has 164 valence electrons. The van der Waals surface area contributed by atoms with E-state index in [1.54, 1.807) is 0 Å². The summed E-state index contributed by atoms with van der Waals surface area (Å²) in [5, 5.41) is 5.26. The molecule has 6 rings (SSSR count). The molecule has 1 aliphatic rings. The van der Waals surface area contributed by atoms with E-state index >= 15 is 0 Å². The molecule has 0 aliphatic heterocycles. The molecule has 0 heterocycles. The van der Waals surface area contributed by atoms with E-state index in [9.17, 15) is 0 Å². The molecule has 0 heteroatoms. The molecular weight excluding hydrogens is 408 g/mol. The number of fused-ring (bicyclic) bond motifs is 2. The van der Waals surface area contributed by atoms with Crippen LogP contribution in [-0.2, 0) is 0 Å². The lowest BCUT2D eigenvalue weighted by Gasteiger charge is -2.21. The Morgan fingerprint density at radius 2 is 1.24 bits per heavy atom. The summed E-state index contributed by atoms with van der Waals surface area (Å²) < 4.78 is 0. The van der Waals surface area contributed by atoms with Gasteiger partial charge in [-0.3, -0.25) is 0 Å². The van der Waals surface area contributed by atoms with Crippen LogP contribution in [0.2, 0.25) is 0 Å². The van der Waals surface area contributed by atoms with Gasteiger partial charge in [0, 0.05) is 0 Å². The summed E-state index contributed by atoms with van der Waals surface area (Å²) in [5.41, 5.74) is 9.06. The van der Waals surface area contributed by atoms with Gasteiger partial charge in [-0.1, -0.05) is 122 Å². The fourth-order valence-corrected chi connectivity index (χ4v) is 5.24. The SMILES string of the molecule is Cc1ccc(-c2ccc3c(C4=CCC(C)C=C4)c4ccccc4c(-c4ccccc4)c3c2)cc1. The number of benzene rings is 5. The van der Waals surface area contributed by atoms with E-state index in [1.807, 2.05) is 0 Å². The van der Waals surface area contributed by atoms with Crippen LogP contribution in [0.3, 0.4) is 0 Å². The molecule has 0 saturated carbocycles. The van der Waals surface area contributed by atoms with Gasteiger partial charge in [0.05, 0.1) is 0 Å². The van der Waals surface area contributed by atoms with Crippen molar-refractivity contribution in [1.82, 2.24) is 0 Å². The summed E-state index contributed by atoms with van der Waals surface area (Å²) in [6, 6.07) is 35.6. The molecule has 0 N–H and O–H groups in total. The van der Waals surface area contributed by atoms with Gasteiger partial charge in [0.15, 0.2) is 0 Å². The van der Waals surface area contributed by atoms with Crippen LogP contribution in [0.4, 0.5) is 0 Å². The summed E-state index contributed by atoms with van der Waals surface area (Å²) in [7, 11) is 0. The maximum absolute atomic E-state index is 2.42. The van der Waals surface area contributed by atoms with Crippen molar-refractivity contribution < 1.29 is 0 Å². The summed E-state index contributed by atoms with van der Waals surface area (Å²) in [5.74, 6) is 0.595. The van der Waals surface area contributed by atoms with Crippen LogP contribution in [0, 0.1) is 12.8 Å². The minimum atomic E-state index is 0.595. The number of hydrogen-bond donors (Lipinski definition) is 0. The van der Waals surface area contributed by atoms with Gasteiger partial charge in [-0.15, -0.1) is 0 Å². The van der Waals surface area contributed by atoms with Gasteiger partial charge in [0.25, 0.3) is 0 Å². The Balaban J connectivity index is 1.73. The third-order valence-electron chi connectivity index (χ3n) is 7.07. The van der Waals surface area contributed by atoms with E-state index in [0.29, 0.717) is 5.92 Å². The standard InChI is InChI=1S/C34H28/c1-23-12-16-25(17-13-23)28-20-21-31-32(22-28)34(26-8-4-3-5-9-26)30-11-7-6-10-29(30)33(31)27-18-14-24(2)15-19-27/h3-14,16-22,24H,15H2,1-2H3. The van der Waals surface area contributed by atoms with E-state index in [1.165, 1.54) is 60.5 Å². The van der Waals surface area contributed by atoms with Gasteiger partial charge in [0.2, 0.25) is 0 Å². The average Bonchev–Trinajstić information content (AvgIpc) is 2.88. The summed E-state index contributed by atoms with van der Waals surface area (Å²) in [6.45, 7) is 4.43. The van der Waals surface area contributed by atoms with Crippen LogP contribution in [0.15, 0.2) is 115 Å². The fourth-order valence-electron chi connectivity index (χ4n) is 5.24. The van der Waals surface area contributed by atoms with Crippen molar-refractivity contribution in [3.63, 3.8) is 0 Å². The van der Waals surface area contributed by atoms with Crippen LogP contribution in [0.5, 0.6) is 0 Å². The Kier molecular flexibility index (Phi) is 5.15. The molecule has 0 fully saturated rings. The number of allylic oxidation sites excluding steroid dienone is 4. The molecule has 0 aromatic heterocycles. The molecule has 0 nitrogen and oxygen atoms in total. The Labute approximate surface area is 201 Å². The second kappa shape index (κ2) is 8.47. The Morgan fingerprint density at radius 3 is 1.94 bits per heavy atom. The highest BCUT2D eigenvalue weighted by Gasteiger charge is 2.18. The molecule has 34 heavy (non-hydrogen) atoms. The highest BCUT2D eigenvalue weighted by Crippen LogP contribution is 2.44. The van der Waals surface area contributed by atoms with Crippen LogP contribution in [0.25, 0.3) is 49.4 Å². The highest BCUT2D eigenvalue weighted by atomic mass is 14.2. The summed E-state index contributed by atoms with van der Waals surface area (Å²) >= 11 is 0. The monoisotopic (exact) mass is 436 g/mol. The number of hydrogen-bond acceptors (Lipinski definition) is 0. The van der Waals surface area contributed by atoms with Crippen LogP contribution >= 0.6 is 0 Å². The second-order valence-electron chi connectivity index (χ2n) is 9.52. The van der Waals surface area contributed by atoms with Gasteiger partial charge in [0.1, 0.15) is 0 Å². The Bertz CT molecular complexity index is 1560. The van der Waals surface area contributed by atoms with E-state index < -0.39 is 0 Å². The van der Waals surface area contributed by atoms with Crippen LogP contribution in [-0.4, -0.2) is 0 Å². The van der Waals surface area contributed by atoms with Gasteiger partial charge in [-0.25, -0.2) is 0 Å². The smallest absolute Gasteiger partial charge is 0.00262 e. The largest absolute Gasteiger partial charge is 0.0808 e. The zero-order valence-electron chi connectivity index (χ0n) is 19.8. The van der Waals surface area contributed by atoms with Crippen molar-refractivity contribution >= 4 is 27.1 Å². The predicted octanol–water partition coefficient (Wildman–Crippen LogP) is 9.61. The van der Waals surface area contributed by atoms with Crippen molar-refractivity contribution in [2.45, 2.75) is 20.3 Å². The summed E-state index contributed by atoms with van der Waals surface area (Å²) in [6.07, 6.45) is 8.18. The molecular formula is C34H28. The normalized spacial score (nSPS) is 15.6. The van der Waals surface area contributed by atoms with Gasteiger partial charge in [-0.05, 0) is 80.3 Å². The lowest BCUT2D eigenvalue weighted by molar-refractivity contribution is 0.739. The van der Waals surface area contributed by atoms with E-state index in [2.05, 4.69) is 129 Å². The lowest BCUT2D eigenvalue weighted by Crippen LogP contribution is -1.97. The molecule has 5 aromatic carbocycles. The maximum Gasteiger partial charge on any atom is -0.00262 e. The zero-order valence-corrected chi connectivity index (χ0v) is 19.8. The first-order chi connectivity index (χ1) is 16.7. The minimum absolute atomic E-state index is 0.595. The van der Waals surface area contributed by atoms with E-state index in [-0.39, 0.29) is 0 Å². The molecule has 5 aromatic rings. The maximum atomic E-state index is 2.42. The number of rotatable bonds is 3. The topological polar surface area (TPSA) is 0 Å². The highest BCUT2D eigenvalue weighted by molar-refractivity contribution is 6.20. The first-order valence-corrected chi connectivity index (χ1v) is 12.2. The van der Waals surface area contributed by atoms with Crippen molar-refractivity contribution in [2.24, 2.45) is 5.92 Å². The predicted molar refractivity (Wildman–Crippen MR) is 148 cm³/mol. The molecule has 0 spiro atoms. The van der Waals surface area contributed by atoms with E-state index in [0.717, 1.165) is 6.42 Å². The first kappa shape index (κ1) is 20.7. The molecule has 0 amide bonds. The zero-order chi connectivity index (χ0) is 23.1. The summed E-state index contributed by atoms with van der Waals surface area (Å²) in [4.78, 5) is 0. The third kappa shape index (κ3) is 3.56. The van der Waals surface area contributed by atoms with E-state index in [4.69, 9.17) is 0 Å². The lowest BCUT2D eigenvalue weighted by atomic mass is 9.83. The van der Waals surface area contributed by atoms with Crippen molar-refractivity contribution in [3.05, 3.63) is 126 Å². The molecule has 1 unspecified atom stereocenters. The molecule has 1 atom stereocenters. The third-order valence-corrected chi connectivity index (χ3v) is 7.07.